The molecule has 2 spiro atoms. The molecule has 1 unspecified atom stereocenters. The Balaban J connectivity index is 0.000000184. The molecule has 0 N–H and O–H groups in total. The van der Waals surface area contributed by atoms with Crippen molar-refractivity contribution in [3.63, 3.8) is 0 Å². The Kier molecular flexibility index (Phi) is 14.2. The highest BCUT2D eigenvalue weighted by Crippen LogP contribution is 2.51. The first-order valence-electron chi connectivity index (χ1n) is 20.8. The zero-order valence-corrected chi connectivity index (χ0v) is 32.1. The van der Waals surface area contributed by atoms with E-state index in [2.05, 4.69) is 29.2 Å². The van der Waals surface area contributed by atoms with Crippen LogP contribution in [0.5, 0.6) is 0 Å². The number of pyridine rings is 3. The first-order chi connectivity index (χ1) is 26.4. The molecule has 55 heavy (non-hydrogen) atoms. The van der Waals surface area contributed by atoms with Gasteiger partial charge >= 0.3 is 0 Å². The molecule has 4 fully saturated rings. The van der Waals surface area contributed by atoms with E-state index >= 15 is 0 Å². The van der Waals surface area contributed by atoms with E-state index in [1.165, 1.54) is 75.0 Å². The van der Waals surface area contributed by atoms with E-state index in [-0.39, 0.29) is 41.1 Å². The SMILES string of the molecule is C.Fc1cccc(CCCC[C@@]2(c3ccccn3)CCOC3(CCCC3)C2)c1.Fc1cncc(CCCCC2(c3ccccn3)CCOC3(CCCC3)C2)c1. The number of benzene rings is 1. The fraction of sp³-hybridized carbons (Fsp3) is 0.562. The summed E-state index contributed by atoms with van der Waals surface area (Å²) in [5.41, 5.74) is 4.95. The van der Waals surface area contributed by atoms with Crippen LogP contribution in [-0.2, 0) is 33.1 Å². The first kappa shape index (κ1) is 41.1. The maximum absolute atomic E-state index is 13.4. The maximum atomic E-state index is 13.4. The molecule has 8 rings (SSSR count). The molecule has 7 heteroatoms. The molecule has 0 radical (unpaired) electrons. The summed E-state index contributed by atoms with van der Waals surface area (Å²) < 4.78 is 39.4. The molecule has 296 valence electrons. The van der Waals surface area contributed by atoms with Gasteiger partial charge in [-0.1, -0.05) is 70.2 Å². The van der Waals surface area contributed by atoms with Crippen LogP contribution < -0.4 is 0 Å². The van der Waals surface area contributed by atoms with E-state index in [0.29, 0.717) is 0 Å². The average molecular weight is 752 g/mol. The van der Waals surface area contributed by atoms with Crippen molar-refractivity contribution in [2.24, 2.45) is 0 Å². The van der Waals surface area contributed by atoms with Crippen LogP contribution in [0.4, 0.5) is 8.78 Å². The van der Waals surface area contributed by atoms with Crippen LogP contribution in [0, 0.1) is 11.6 Å². The van der Waals surface area contributed by atoms with Gasteiger partial charge in [0.2, 0.25) is 0 Å². The molecule has 4 aromatic rings. The van der Waals surface area contributed by atoms with Crippen LogP contribution in [0.3, 0.4) is 0 Å². The van der Waals surface area contributed by atoms with E-state index in [1.54, 1.807) is 18.3 Å². The fourth-order valence-corrected chi connectivity index (χ4v) is 10.5. The number of ether oxygens (including phenoxy) is 2. The van der Waals surface area contributed by atoms with Crippen LogP contribution in [0.25, 0.3) is 0 Å². The molecule has 2 saturated heterocycles. The van der Waals surface area contributed by atoms with Gasteiger partial charge in [0.1, 0.15) is 11.6 Å². The molecular formula is C48H63F2N3O2. The summed E-state index contributed by atoms with van der Waals surface area (Å²) in [6, 6.07) is 21.3. The van der Waals surface area contributed by atoms with Crippen LogP contribution in [0.15, 0.2) is 91.5 Å². The zero-order chi connectivity index (χ0) is 37.2. The van der Waals surface area contributed by atoms with Crippen LogP contribution in [0.1, 0.15) is 146 Å². The predicted octanol–water partition coefficient (Wildman–Crippen LogP) is 12.0. The van der Waals surface area contributed by atoms with E-state index in [4.69, 9.17) is 19.4 Å². The lowest BCUT2D eigenvalue weighted by Gasteiger charge is -2.46. The smallest absolute Gasteiger partial charge is 0.141 e. The minimum atomic E-state index is -0.245. The lowest BCUT2D eigenvalue weighted by Crippen LogP contribution is -2.46. The highest BCUT2D eigenvalue weighted by atomic mass is 19.1. The number of halogens is 2. The van der Waals surface area contributed by atoms with Gasteiger partial charge in [-0.3, -0.25) is 15.0 Å². The van der Waals surface area contributed by atoms with Crippen molar-refractivity contribution in [2.75, 3.05) is 13.2 Å². The minimum absolute atomic E-state index is 0. The highest BCUT2D eigenvalue weighted by molar-refractivity contribution is 5.22. The average Bonchev–Trinajstić information content (AvgIpc) is 3.85. The predicted molar refractivity (Wildman–Crippen MR) is 217 cm³/mol. The molecule has 2 aliphatic carbocycles. The summed E-state index contributed by atoms with van der Waals surface area (Å²) in [6.07, 6.45) is 29.6. The summed E-state index contributed by atoms with van der Waals surface area (Å²) in [7, 11) is 0. The van der Waals surface area contributed by atoms with Gasteiger partial charge in [0.05, 0.1) is 17.4 Å². The third kappa shape index (κ3) is 10.5. The van der Waals surface area contributed by atoms with Crippen molar-refractivity contribution in [3.05, 3.63) is 126 Å². The number of hydrogen-bond acceptors (Lipinski definition) is 5. The van der Waals surface area contributed by atoms with E-state index < -0.39 is 0 Å². The molecule has 5 nitrogen and oxygen atoms in total. The third-order valence-electron chi connectivity index (χ3n) is 13.1. The molecule has 2 atom stereocenters. The number of rotatable bonds is 12. The van der Waals surface area contributed by atoms with Gasteiger partial charge in [0.15, 0.2) is 0 Å². The molecule has 2 aliphatic heterocycles. The summed E-state index contributed by atoms with van der Waals surface area (Å²) in [4.78, 5) is 13.5. The molecule has 1 aromatic carbocycles. The first-order valence-corrected chi connectivity index (χ1v) is 20.8. The minimum Gasteiger partial charge on any atom is -0.375 e. The largest absolute Gasteiger partial charge is 0.375 e. The Labute approximate surface area is 329 Å². The van der Waals surface area contributed by atoms with Crippen LogP contribution in [0.2, 0.25) is 0 Å². The van der Waals surface area contributed by atoms with Gasteiger partial charge in [0.25, 0.3) is 0 Å². The van der Waals surface area contributed by atoms with E-state index in [9.17, 15) is 8.78 Å². The number of aryl methyl sites for hydroxylation is 2. The number of hydrogen-bond donors (Lipinski definition) is 0. The summed E-state index contributed by atoms with van der Waals surface area (Å²) in [6.45, 7) is 1.69. The Morgan fingerprint density at radius 3 is 1.56 bits per heavy atom. The number of unbranched alkanes of at least 4 members (excludes halogenated alkanes) is 2. The molecular weight excluding hydrogens is 689 g/mol. The van der Waals surface area contributed by atoms with E-state index in [0.717, 1.165) is 101 Å². The standard InChI is InChI=1S/C24H30FNO.C23H29FN2O.CH4/c25-21-10-7-9-20(18-21)8-1-3-12-23(22-11-2-6-16-26-22)15-17-27-24(19-23)13-4-5-14-24;24-20-15-19(16-25-17-20)7-1-3-9-22(21-8-2-6-13-26-21)12-14-27-23(18-22)10-4-5-11-23;/h2,6-7,9-11,16,18H,1,3-5,8,12-15,17,19H2;2,6,8,13,15-17H,1,3-5,7,9-12,14,18H2;1H4/t23-;;/m1../s1. The zero-order valence-electron chi connectivity index (χ0n) is 32.1. The molecule has 0 bridgehead atoms. The van der Waals surface area contributed by atoms with Gasteiger partial charge in [-0.25, -0.2) is 8.78 Å². The second kappa shape index (κ2) is 19.1. The highest BCUT2D eigenvalue weighted by Gasteiger charge is 2.49. The van der Waals surface area contributed by atoms with Crippen LogP contribution >= 0.6 is 0 Å². The number of nitrogens with zero attached hydrogens (tertiary/aromatic N) is 3. The Morgan fingerprint density at radius 2 is 1.07 bits per heavy atom. The molecule has 0 amide bonds. The second-order valence-electron chi connectivity index (χ2n) is 16.9. The fourth-order valence-electron chi connectivity index (χ4n) is 10.5. The molecule has 5 heterocycles. The lowest BCUT2D eigenvalue weighted by atomic mass is 9.67. The van der Waals surface area contributed by atoms with Gasteiger partial charge < -0.3 is 9.47 Å². The van der Waals surface area contributed by atoms with Gasteiger partial charge in [-0.05, 0) is 143 Å². The van der Waals surface area contributed by atoms with Crippen molar-refractivity contribution in [1.82, 2.24) is 15.0 Å². The normalized spacial score (nSPS) is 23.9. The Bertz CT molecular complexity index is 1620. The second-order valence-corrected chi connectivity index (χ2v) is 16.9. The monoisotopic (exact) mass is 751 g/mol. The van der Waals surface area contributed by atoms with Crippen molar-refractivity contribution in [3.8, 4) is 0 Å². The van der Waals surface area contributed by atoms with Crippen LogP contribution in [-0.4, -0.2) is 39.4 Å². The third-order valence-corrected chi connectivity index (χ3v) is 13.1. The topological polar surface area (TPSA) is 57.1 Å². The lowest BCUT2D eigenvalue weighted by molar-refractivity contribution is -0.105. The van der Waals surface area contributed by atoms with Crippen molar-refractivity contribution in [2.45, 2.75) is 158 Å². The van der Waals surface area contributed by atoms with E-state index in [1.807, 2.05) is 36.7 Å². The van der Waals surface area contributed by atoms with Gasteiger partial charge in [0, 0.05) is 54.0 Å². The van der Waals surface area contributed by atoms with Crippen molar-refractivity contribution >= 4 is 0 Å². The van der Waals surface area contributed by atoms with Crippen molar-refractivity contribution in [1.29, 1.82) is 0 Å². The quantitative estimate of drug-likeness (QED) is 0.135. The van der Waals surface area contributed by atoms with Gasteiger partial charge in [-0.15, -0.1) is 0 Å². The summed E-state index contributed by atoms with van der Waals surface area (Å²) >= 11 is 0. The number of aromatic nitrogens is 3. The molecule has 3 aromatic heterocycles. The Hall–Kier alpha value is -3.55. The molecule has 4 aliphatic rings. The summed E-state index contributed by atoms with van der Waals surface area (Å²) in [5.74, 6) is -0.380. The van der Waals surface area contributed by atoms with Gasteiger partial charge in [-0.2, -0.15) is 0 Å². The van der Waals surface area contributed by atoms with Crippen molar-refractivity contribution < 1.29 is 18.3 Å². The maximum Gasteiger partial charge on any atom is 0.141 e. The summed E-state index contributed by atoms with van der Waals surface area (Å²) in [5, 5.41) is 0. The Morgan fingerprint density at radius 1 is 0.545 bits per heavy atom. The molecule has 2 saturated carbocycles.